The molecule has 1 fully saturated rings. The first kappa shape index (κ1) is 15.9. The average Bonchev–Trinajstić information content (AvgIpc) is 3.01. The van der Waals surface area contributed by atoms with Crippen LogP contribution in [0.5, 0.6) is 0 Å². The molecule has 1 saturated carbocycles. The summed E-state index contributed by atoms with van der Waals surface area (Å²) in [6, 6.07) is 7.76. The van der Waals surface area contributed by atoms with Gasteiger partial charge in [-0.1, -0.05) is 25.0 Å². The van der Waals surface area contributed by atoms with Gasteiger partial charge in [-0.2, -0.15) is 0 Å². The van der Waals surface area contributed by atoms with Gasteiger partial charge in [0.1, 0.15) is 0 Å². The molecule has 1 aromatic rings. The molecule has 0 aliphatic heterocycles. The molecule has 5 nitrogen and oxygen atoms in total. The monoisotopic (exact) mass is 291 g/mol. The summed E-state index contributed by atoms with van der Waals surface area (Å²) in [5.41, 5.74) is 1.23. The lowest BCUT2D eigenvalue weighted by Gasteiger charge is -2.25. The molecular weight excluding hydrogens is 266 g/mol. The van der Waals surface area contributed by atoms with Crippen LogP contribution in [0.3, 0.4) is 0 Å². The molecule has 0 heterocycles. The van der Waals surface area contributed by atoms with Crippen LogP contribution in [-0.4, -0.2) is 36.0 Å². The van der Waals surface area contributed by atoms with Crippen molar-refractivity contribution in [3.8, 4) is 0 Å². The predicted molar refractivity (Wildman–Crippen MR) is 84.4 cm³/mol. The molecule has 2 rings (SSSR count). The van der Waals surface area contributed by atoms with Crippen molar-refractivity contribution in [1.29, 1.82) is 0 Å². The minimum absolute atomic E-state index is 0.145. The predicted octanol–water partition coefficient (Wildman–Crippen LogP) is 3.12. The second kappa shape index (κ2) is 7.52. The Morgan fingerprint density at radius 1 is 1.33 bits per heavy atom. The number of non-ortho nitro benzene ring substituents is 1. The maximum Gasteiger partial charge on any atom is 0.269 e. The standard InChI is InChI=1S/C16H25N3O2/c1-13(14-7-9-16(10-8-14)19(20)21)17-11-12-18(2)15-5-3-4-6-15/h7-10,13,15,17H,3-6,11-12H2,1-2H3. The van der Waals surface area contributed by atoms with Crippen LogP contribution < -0.4 is 5.32 Å². The lowest BCUT2D eigenvalue weighted by Crippen LogP contribution is -2.36. The van der Waals surface area contributed by atoms with Gasteiger partial charge in [0.25, 0.3) is 5.69 Å². The van der Waals surface area contributed by atoms with Crippen molar-refractivity contribution < 1.29 is 4.92 Å². The van der Waals surface area contributed by atoms with Crippen LogP contribution in [-0.2, 0) is 0 Å². The van der Waals surface area contributed by atoms with Gasteiger partial charge in [-0.15, -0.1) is 0 Å². The first-order chi connectivity index (χ1) is 10.1. The molecule has 1 unspecified atom stereocenters. The van der Waals surface area contributed by atoms with Crippen LogP contribution in [0.1, 0.15) is 44.2 Å². The fourth-order valence-corrected chi connectivity index (χ4v) is 2.99. The second-order valence-corrected chi connectivity index (χ2v) is 5.94. The molecule has 0 spiro atoms. The molecule has 1 aromatic carbocycles. The minimum atomic E-state index is -0.363. The SMILES string of the molecule is CC(NCCN(C)C1CCCC1)c1ccc([N+](=O)[O-])cc1. The van der Waals surface area contributed by atoms with Gasteiger partial charge in [-0.3, -0.25) is 10.1 Å². The van der Waals surface area contributed by atoms with Crippen LogP contribution in [0.15, 0.2) is 24.3 Å². The number of hydrogen-bond donors (Lipinski definition) is 1. The smallest absolute Gasteiger partial charge is 0.269 e. The number of nitro benzene ring substituents is 1. The molecule has 5 heteroatoms. The third kappa shape index (κ3) is 4.51. The van der Waals surface area contributed by atoms with E-state index in [0.29, 0.717) is 0 Å². The zero-order valence-corrected chi connectivity index (χ0v) is 12.9. The molecule has 116 valence electrons. The van der Waals surface area contributed by atoms with Crippen LogP contribution in [0, 0.1) is 10.1 Å². The van der Waals surface area contributed by atoms with E-state index >= 15 is 0 Å². The van der Waals surface area contributed by atoms with E-state index in [1.807, 2.05) is 12.1 Å². The molecule has 21 heavy (non-hydrogen) atoms. The van der Waals surface area contributed by atoms with Crippen molar-refractivity contribution in [2.45, 2.75) is 44.7 Å². The summed E-state index contributed by atoms with van der Waals surface area (Å²) in [6.07, 6.45) is 5.38. The summed E-state index contributed by atoms with van der Waals surface area (Å²) in [5, 5.41) is 14.1. The number of rotatable bonds is 7. The van der Waals surface area contributed by atoms with E-state index in [-0.39, 0.29) is 16.7 Å². The molecular formula is C16H25N3O2. The highest BCUT2D eigenvalue weighted by molar-refractivity contribution is 5.33. The first-order valence-corrected chi connectivity index (χ1v) is 7.76. The zero-order chi connectivity index (χ0) is 15.2. The Balaban J connectivity index is 1.75. The van der Waals surface area contributed by atoms with E-state index in [9.17, 15) is 10.1 Å². The van der Waals surface area contributed by atoms with Crippen molar-refractivity contribution in [3.63, 3.8) is 0 Å². The van der Waals surface area contributed by atoms with Crippen molar-refractivity contribution in [2.24, 2.45) is 0 Å². The Labute approximate surface area is 126 Å². The molecule has 0 saturated heterocycles. The maximum atomic E-state index is 10.6. The molecule has 0 aromatic heterocycles. The number of likely N-dealkylation sites (N-methyl/N-ethyl adjacent to an activating group) is 1. The highest BCUT2D eigenvalue weighted by Crippen LogP contribution is 2.22. The summed E-state index contributed by atoms with van der Waals surface area (Å²) >= 11 is 0. The third-order valence-electron chi connectivity index (χ3n) is 4.47. The third-order valence-corrected chi connectivity index (χ3v) is 4.47. The molecule has 1 aliphatic carbocycles. The topological polar surface area (TPSA) is 58.4 Å². The van der Waals surface area contributed by atoms with E-state index < -0.39 is 0 Å². The summed E-state index contributed by atoms with van der Waals surface area (Å²) in [4.78, 5) is 12.7. The summed E-state index contributed by atoms with van der Waals surface area (Å²) in [7, 11) is 2.20. The van der Waals surface area contributed by atoms with E-state index in [2.05, 4.69) is 24.2 Å². The Hall–Kier alpha value is -1.46. The van der Waals surface area contributed by atoms with Crippen LogP contribution in [0.2, 0.25) is 0 Å². The quantitative estimate of drug-likeness (QED) is 0.619. The lowest BCUT2D eigenvalue weighted by molar-refractivity contribution is -0.384. The van der Waals surface area contributed by atoms with E-state index in [1.165, 1.54) is 25.7 Å². The highest BCUT2D eigenvalue weighted by atomic mass is 16.6. The van der Waals surface area contributed by atoms with Crippen molar-refractivity contribution >= 4 is 5.69 Å². The Bertz CT molecular complexity index is 455. The van der Waals surface area contributed by atoms with Crippen molar-refractivity contribution in [1.82, 2.24) is 10.2 Å². The zero-order valence-electron chi connectivity index (χ0n) is 12.9. The van der Waals surface area contributed by atoms with E-state index in [4.69, 9.17) is 0 Å². The average molecular weight is 291 g/mol. The van der Waals surface area contributed by atoms with Gasteiger partial charge >= 0.3 is 0 Å². The van der Waals surface area contributed by atoms with E-state index in [1.54, 1.807) is 12.1 Å². The largest absolute Gasteiger partial charge is 0.309 e. The summed E-state index contributed by atoms with van der Waals surface area (Å²) < 4.78 is 0. The number of nitro groups is 1. The van der Waals surface area contributed by atoms with Gasteiger partial charge in [0.2, 0.25) is 0 Å². The van der Waals surface area contributed by atoms with E-state index in [0.717, 1.165) is 24.7 Å². The highest BCUT2D eigenvalue weighted by Gasteiger charge is 2.19. The Kier molecular flexibility index (Phi) is 5.70. The molecule has 1 N–H and O–H groups in total. The van der Waals surface area contributed by atoms with Crippen LogP contribution >= 0.6 is 0 Å². The minimum Gasteiger partial charge on any atom is -0.309 e. The van der Waals surface area contributed by atoms with Crippen molar-refractivity contribution in [3.05, 3.63) is 39.9 Å². The summed E-state index contributed by atoms with van der Waals surface area (Å²) in [6.45, 7) is 4.07. The Morgan fingerprint density at radius 3 is 2.52 bits per heavy atom. The fraction of sp³-hybridized carbons (Fsp3) is 0.625. The van der Waals surface area contributed by atoms with Gasteiger partial charge in [-0.25, -0.2) is 0 Å². The number of nitrogens with one attached hydrogen (secondary N) is 1. The summed E-state index contributed by atoms with van der Waals surface area (Å²) in [5.74, 6) is 0. The van der Waals surface area contributed by atoms with Gasteiger partial charge in [-0.05, 0) is 32.4 Å². The fourth-order valence-electron chi connectivity index (χ4n) is 2.99. The van der Waals surface area contributed by atoms with Gasteiger partial charge < -0.3 is 10.2 Å². The second-order valence-electron chi connectivity index (χ2n) is 5.94. The Morgan fingerprint density at radius 2 is 1.95 bits per heavy atom. The molecule has 1 atom stereocenters. The molecule has 0 radical (unpaired) electrons. The number of hydrogen-bond acceptors (Lipinski definition) is 4. The van der Waals surface area contributed by atoms with Crippen molar-refractivity contribution in [2.75, 3.05) is 20.1 Å². The normalized spacial score (nSPS) is 17.3. The number of nitrogens with zero attached hydrogens (tertiary/aromatic N) is 2. The van der Waals surface area contributed by atoms with Gasteiger partial charge in [0, 0.05) is 37.3 Å². The lowest BCUT2D eigenvalue weighted by atomic mass is 10.1. The van der Waals surface area contributed by atoms with Gasteiger partial charge in [0.05, 0.1) is 4.92 Å². The molecule has 0 bridgehead atoms. The van der Waals surface area contributed by atoms with Gasteiger partial charge in [0.15, 0.2) is 0 Å². The first-order valence-electron chi connectivity index (χ1n) is 7.76. The van der Waals surface area contributed by atoms with Crippen LogP contribution in [0.4, 0.5) is 5.69 Å². The number of benzene rings is 1. The van der Waals surface area contributed by atoms with Crippen LogP contribution in [0.25, 0.3) is 0 Å². The molecule has 1 aliphatic rings. The molecule has 0 amide bonds. The maximum absolute atomic E-state index is 10.6.